The van der Waals surface area contributed by atoms with E-state index in [-0.39, 0.29) is 28.3 Å². The smallest absolute Gasteiger partial charge is 0.383 e. The number of amides is 1. The van der Waals surface area contributed by atoms with E-state index >= 15 is 0 Å². The predicted octanol–water partition coefficient (Wildman–Crippen LogP) is 3.40. The van der Waals surface area contributed by atoms with Crippen LogP contribution in [0.5, 0.6) is 0 Å². The van der Waals surface area contributed by atoms with Gasteiger partial charge in [0.1, 0.15) is 5.82 Å². The lowest BCUT2D eigenvalue weighted by atomic mass is 10.2. The van der Waals surface area contributed by atoms with Gasteiger partial charge in [-0.15, -0.1) is 0 Å². The first-order valence-electron chi connectivity index (χ1n) is 10.7. The van der Waals surface area contributed by atoms with E-state index in [9.17, 15) is 27.6 Å². The molecule has 1 aliphatic rings. The maximum atomic E-state index is 13.2. The number of anilines is 2. The third-order valence-corrected chi connectivity index (χ3v) is 6.48. The standard InChI is InChI=1S/C21H26F3N5O3S/c1-2-3-10-28-18(25)17(19(31)27-20(28)32)29(14-6-4-5-7-14)16(30)12-33-15-9-8-13(11-26-15)21(22,23)24/h8-9,11,14H,2-7,10,12,25H2,1H3,(H,27,31,32). The van der Waals surface area contributed by atoms with E-state index in [1.165, 1.54) is 15.5 Å². The molecular formula is C21H26F3N5O3S. The minimum Gasteiger partial charge on any atom is -0.383 e. The molecule has 0 spiro atoms. The van der Waals surface area contributed by atoms with Crippen molar-refractivity contribution in [2.24, 2.45) is 0 Å². The van der Waals surface area contributed by atoms with Crippen LogP contribution in [0.2, 0.25) is 0 Å². The molecule has 8 nitrogen and oxygen atoms in total. The zero-order valence-electron chi connectivity index (χ0n) is 18.2. The summed E-state index contributed by atoms with van der Waals surface area (Å²) in [5.74, 6) is -0.636. The lowest BCUT2D eigenvalue weighted by molar-refractivity contribution is -0.137. The van der Waals surface area contributed by atoms with Crippen LogP contribution in [0.15, 0.2) is 32.9 Å². The lowest BCUT2D eigenvalue weighted by Crippen LogP contribution is -2.46. The molecular weight excluding hydrogens is 459 g/mol. The van der Waals surface area contributed by atoms with E-state index < -0.39 is 28.9 Å². The SMILES string of the molecule is CCCCn1c(N)c(N(C(=O)CSc2ccc(C(F)(F)F)cn2)C2CCCC2)c(=O)[nH]c1=O. The van der Waals surface area contributed by atoms with Crippen LogP contribution < -0.4 is 21.9 Å². The summed E-state index contributed by atoms with van der Waals surface area (Å²) in [6.07, 6.45) is 0.831. The summed E-state index contributed by atoms with van der Waals surface area (Å²) in [5, 5.41) is 0.248. The molecule has 2 aromatic heterocycles. The Balaban J connectivity index is 1.88. The van der Waals surface area contributed by atoms with Gasteiger partial charge in [-0.1, -0.05) is 37.9 Å². The number of carbonyl (C=O) groups excluding carboxylic acids is 1. The Hall–Kier alpha value is -2.76. The van der Waals surface area contributed by atoms with Crippen LogP contribution in [0.3, 0.4) is 0 Å². The highest BCUT2D eigenvalue weighted by molar-refractivity contribution is 7.99. The molecule has 1 saturated carbocycles. The molecule has 12 heteroatoms. The number of pyridine rings is 1. The fraction of sp³-hybridized carbons (Fsp3) is 0.524. The van der Waals surface area contributed by atoms with Gasteiger partial charge in [0.05, 0.1) is 16.3 Å². The highest BCUT2D eigenvalue weighted by Gasteiger charge is 2.33. The molecule has 2 aromatic rings. The molecule has 0 unspecified atom stereocenters. The molecule has 33 heavy (non-hydrogen) atoms. The number of nitrogens with one attached hydrogen (secondary N) is 1. The van der Waals surface area contributed by atoms with Crippen LogP contribution in [0.4, 0.5) is 24.7 Å². The van der Waals surface area contributed by atoms with Crippen molar-refractivity contribution < 1.29 is 18.0 Å². The molecule has 2 heterocycles. The first-order valence-corrected chi connectivity index (χ1v) is 11.7. The van der Waals surface area contributed by atoms with Gasteiger partial charge in [-0.05, 0) is 31.4 Å². The van der Waals surface area contributed by atoms with Crippen molar-refractivity contribution in [1.29, 1.82) is 0 Å². The zero-order chi connectivity index (χ0) is 24.2. The third-order valence-electron chi connectivity index (χ3n) is 5.56. The van der Waals surface area contributed by atoms with E-state index in [0.29, 0.717) is 32.0 Å². The van der Waals surface area contributed by atoms with Gasteiger partial charge in [0.2, 0.25) is 5.91 Å². The number of nitrogens with two attached hydrogens (primary N) is 1. The molecule has 3 N–H and O–H groups in total. The number of aromatic nitrogens is 3. The molecule has 0 aromatic carbocycles. The van der Waals surface area contributed by atoms with Crippen molar-refractivity contribution in [2.45, 2.75) is 69.2 Å². The van der Waals surface area contributed by atoms with Crippen LogP contribution >= 0.6 is 11.8 Å². The van der Waals surface area contributed by atoms with Crippen LogP contribution in [0, 0.1) is 0 Å². The van der Waals surface area contributed by atoms with Gasteiger partial charge in [-0.25, -0.2) is 9.78 Å². The van der Waals surface area contributed by atoms with Crippen molar-refractivity contribution in [3.63, 3.8) is 0 Å². The lowest BCUT2D eigenvalue weighted by Gasteiger charge is -2.29. The Morgan fingerprint density at radius 2 is 2.00 bits per heavy atom. The molecule has 0 bridgehead atoms. The van der Waals surface area contributed by atoms with Gasteiger partial charge >= 0.3 is 11.9 Å². The molecule has 1 aliphatic carbocycles. The van der Waals surface area contributed by atoms with Crippen molar-refractivity contribution in [2.75, 3.05) is 16.4 Å². The van der Waals surface area contributed by atoms with Gasteiger partial charge in [0, 0.05) is 18.8 Å². The Labute approximate surface area is 192 Å². The second-order valence-corrected chi connectivity index (χ2v) is 8.87. The summed E-state index contributed by atoms with van der Waals surface area (Å²) >= 11 is 0.971. The first-order chi connectivity index (χ1) is 15.6. The number of nitrogen functional groups attached to an aromatic ring is 1. The normalized spacial score (nSPS) is 14.5. The Morgan fingerprint density at radius 3 is 2.58 bits per heavy atom. The van der Waals surface area contributed by atoms with E-state index in [0.717, 1.165) is 37.1 Å². The molecule has 0 radical (unpaired) electrons. The molecule has 1 amide bonds. The maximum absolute atomic E-state index is 13.2. The second kappa shape index (κ2) is 10.4. The summed E-state index contributed by atoms with van der Waals surface area (Å²) in [6, 6.07) is 1.85. The number of H-pyrrole nitrogens is 1. The third kappa shape index (κ3) is 5.79. The van der Waals surface area contributed by atoms with Crippen molar-refractivity contribution in [3.05, 3.63) is 44.7 Å². The predicted molar refractivity (Wildman–Crippen MR) is 120 cm³/mol. The molecule has 0 atom stereocenters. The number of hydrogen-bond donors (Lipinski definition) is 2. The molecule has 0 saturated heterocycles. The van der Waals surface area contributed by atoms with E-state index in [1.54, 1.807) is 0 Å². The summed E-state index contributed by atoms with van der Waals surface area (Å²) in [5.41, 5.74) is 3.93. The minimum absolute atomic E-state index is 0.0522. The largest absolute Gasteiger partial charge is 0.417 e. The second-order valence-electron chi connectivity index (χ2n) is 7.87. The Morgan fingerprint density at radius 1 is 1.30 bits per heavy atom. The number of thioether (sulfide) groups is 1. The number of nitrogens with zero attached hydrogens (tertiary/aromatic N) is 3. The van der Waals surface area contributed by atoms with Gasteiger partial charge in [-0.2, -0.15) is 13.2 Å². The van der Waals surface area contributed by atoms with Crippen LogP contribution in [0.25, 0.3) is 0 Å². The number of aromatic amines is 1. The van der Waals surface area contributed by atoms with Gasteiger partial charge in [0.25, 0.3) is 5.56 Å². The van der Waals surface area contributed by atoms with E-state index in [1.807, 2.05) is 6.92 Å². The van der Waals surface area contributed by atoms with E-state index in [4.69, 9.17) is 5.73 Å². The summed E-state index contributed by atoms with van der Waals surface area (Å²) in [6.45, 7) is 2.26. The number of halogens is 3. The first kappa shape index (κ1) is 24.9. The average molecular weight is 486 g/mol. The number of unbranched alkanes of at least 4 members (excludes halogenated alkanes) is 1. The monoisotopic (exact) mass is 485 g/mol. The van der Waals surface area contributed by atoms with Crippen molar-refractivity contribution in [1.82, 2.24) is 14.5 Å². The molecule has 1 fully saturated rings. The molecule has 180 valence electrons. The fourth-order valence-electron chi connectivity index (χ4n) is 3.86. The van der Waals surface area contributed by atoms with Crippen LogP contribution in [0.1, 0.15) is 51.0 Å². The molecule has 0 aliphatic heterocycles. The van der Waals surface area contributed by atoms with Gasteiger partial charge in [0.15, 0.2) is 5.69 Å². The summed E-state index contributed by atoms with van der Waals surface area (Å²) in [7, 11) is 0. The summed E-state index contributed by atoms with van der Waals surface area (Å²) in [4.78, 5) is 45.6. The highest BCUT2D eigenvalue weighted by Crippen LogP contribution is 2.32. The summed E-state index contributed by atoms with van der Waals surface area (Å²) < 4.78 is 39.5. The van der Waals surface area contributed by atoms with Gasteiger partial charge in [-0.3, -0.25) is 19.1 Å². The van der Waals surface area contributed by atoms with Crippen LogP contribution in [-0.2, 0) is 17.5 Å². The quantitative estimate of drug-likeness (QED) is 0.554. The zero-order valence-corrected chi connectivity index (χ0v) is 19.0. The Kier molecular flexibility index (Phi) is 7.88. The topological polar surface area (TPSA) is 114 Å². The Bertz CT molecular complexity index is 1090. The average Bonchev–Trinajstić information content (AvgIpc) is 3.28. The highest BCUT2D eigenvalue weighted by atomic mass is 32.2. The van der Waals surface area contributed by atoms with Crippen molar-refractivity contribution in [3.8, 4) is 0 Å². The molecule has 3 rings (SSSR count). The van der Waals surface area contributed by atoms with Crippen LogP contribution in [-0.4, -0.2) is 32.2 Å². The van der Waals surface area contributed by atoms with E-state index in [2.05, 4.69) is 9.97 Å². The van der Waals surface area contributed by atoms with Gasteiger partial charge < -0.3 is 10.6 Å². The maximum Gasteiger partial charge on any atom is 0.417 e. The number of hydrogen-bond acceptors (Lipinski definition) is 6. The number of rotatable bonds is 8. The number of alkyl halides is 3. The fourth-order valence-corrected chi connectivity index (χ4v) is 4.56. The van der Waals surface area contributed by atoms with Crippen molar-refractivity contribution >= 4 is 29.2 Å². The minimum atomic E-state index is -4.50. The number of carbonyl (C=O) groups is 1.